The summed E-state index contributed by atoms with van der Waals surface area (Å²) in [6.07, 6.45) is 4.29. The monoisotopic (exact) mass is 308 g/mol. The van der Waals surface area contributed by atoms with Gasteiger partial charge in [-0.2, -0.15) is 5.10 Å². The van der Waals surface area contributed by atoms with Crippen LogP contribution in [0.3, 0.4) is 0 Å². The zero-order chi connectivity index (χ0) is 16.3. The smallest absolute Gasteiger partial charge is 0.308 e. The van der Waals surface area contributed by atoms with E-state index in [1.165, 1.54) is 20.7 Å². The topological polar surface area (TPSA) is 95.7 Å². The van der Waals surface area contributed by atoms with Crippen LogP contribution < -0.4 is 0 Å². The summed E-state index contributed by atoms with van der Waals surface area (Å²) < 4.78 is 1.52. The number of piperidine rings is 1. The number of carbonyl (C=O) groups is 3. The van der Waals surface area contributed by atoms with Crippen molar-refractivity contribution in [1.82, 2.24) is 19.6 Å². The summed E-state index contributed by atoms with van der Waals surface area (Å²) in [5.74, 6) is -1.91. The molecule has 1 atom stereocenters. The molecule has 0 bridgehead atoms. The van der Waals surface area contributed by atoms with Crippen molar-refractivity contribution in [1.29, 1.82) is 0 Å². The summed E-state index contributed by atoms with van der Waals surface area (Å²) in [4.78, 5) is 38.3. The third-order valence-electron chi connectivity index (χ3n) is 3.79. The summed E-state index contributed by atoms with van der Waals surface area (Å²) in [6.45, 7) is 0.681. The van der Waals surface area contributed by atoms with Crippen molar-refractivity contribution in [3.05, 3.63) is 18.0 Å². The van der Waals surface area contributed by atoms with Crippen molar-refractivity contribution in [2.45, 2.75) is 12.8 Å². The van der Waals surface area contributed by atoms with Crippen LogP contribution in [0, 0.1) is 5.92 Å². The molecule has 2 heterocycles. The van der Waals surface area contributed by atoms with Gasteiger partial charge in [-0.05, 0) is 12.8 Å². The highest BCUT2D eigenvalue weighted by Gasteiger charge is 2.29. The van der Waals surface area contributed by atoms with Gasteiger partial charge in [-0.3, -0.25) is 19.1 Å². The first-order chi connectivity index (χ1) is 10.4. The Morgan fingerprint density at radius 3 is 2.77 bits per heavy atom. The molecule has 1 aromatic rings. The highest BCUT2D eigenvalue weighted by atomic mass is 16.4. The van der Waals surface area contributed by atoms with Gasteiger partial charge in [0.15, 0.2) is 0 Å². The minimum atomic E-state index is -0.878. The molecule has 0 spiro atoms. The van der Waals surface area contributed by atoms with Gasteiger partial charge in [0.25, 0.3) is 5.91 Å². The molecule has 0 aromatic carbocycles. The molecule has 2 amide bonds. The number of aromatic nitrogens is 2. The second kappa shape index (κ2) is 6.59. The number of carboxylic acid groups (broad SMARTS) is 1. The lowest BCUT2D eigenvalue weighted by molar-refractivity contribution is -0.145. The number of carboxylic acids is 1. The summed E-state index contributed by atoms with van der Waals surface area (Å²) >= 11 is 0. The molecule has 8 nitrogen and oxygen atoms in total. The number of hydrogen-bond donors (Lipinski definition) is 1. The van der Waals surface area contributed by atoms with E-state index in [9.17, 15) is 14.4 Å². The van der Waals surface area contributed by atoms with Crippen LogP contribution in [0.1, 0.15) is 23.2 Å². The number of carbonyl (C=O) groups excluding carboxylic acids is 2. The zero-order valence-electron chi connectivity index (χ0n) is 12.7. The standard InChI is InChI=1S/C14H20N4O4/c1-16(13(20)11-6-15-17(2)7-11)9-12(19)18-5-3-4-10(8-18)14(21)22/h6-7,10H,3-5,8-9H2,1-2H3,(H,21,22). The van der Waals surface area contributed by atoms with Gasteiger partial charge in [0, 0.05) is 33.4 Å². The highest BCUT2D eigenvalue weighted by Crippen LogP contribution is 2.17. The Bertz CT molecular complexity index is 583. The summed E-state index contributed by atoms with van der Waals surface area (Å²) in [5, 5.41) is 13.0. The number of likely N-dealkylation sites (N-methyl/N-ethyl adjacent to an activating group) is 1. The van der Waals surface area contributed by atoms with Crippen LogP contribution in [0.15, 0.2) is 12.4 Å². The third-order valence-corrected chi connectivity index (χ3v) is 3.79. The van der Waals surface area contributed by atoms with Crippen LogP contribution in [0.25, 0.3) is 0 Å². The fourth-order valence-corrected chi connectivity index (χ4v) is 2.53. The first-order valence-corrected chi connectivity index (χ1v) is 7.13. The molecular weight excluding hydrogens is 288 g/mol. The van der Waals surface area contributed by atoms with Crippen molar-refractivity contribution in [3.63, 3.8) is 0 Å². The molecule has 120 valence electrons. The first-order valence-electron chi connectivity index (χ1n) is 7.13. The summed E-state index contributed by atoms with van der Waals surface area (Å²) in [5.41, 5.74) is 0.417. The minimum Gasteiger partial charge on any atom is -0.481 e. The molecule has 22 heavy (non-hydrogen) atoms. The SMILES string of the molecule is CN(CC(=O)N1CCCC(C(=O)O)C1)C(=O)c1cnn(C)c1. The molecule has 1 aliphatic heterocycles. The minimum absolute atomic E-state index is 0.0694. The van der Waals surface area contributed by atoms with E-state index in [0.717, 1.165) is 0 Å². The van der Waals surface area contributed by atoms with Gasteiger partial charge in [0.2, 0.25) is 5.91 Å². The molecule has 0 aliphatic carbocycles. The van der Waals surface area contributed by atoms with Crippen LogP contribution in [-0.2, 0) is 16.6 Å². The second-order valence-corrected chi connectivity index (χ2v) is 5.58. The van der Waals surface area contributed by atoms with Crippen molar-refractivity contribution < 1.29 is 19.5 Å². The zero-order valence-corrected chi connectivity index (χ0v) is 12.7. The van der Waals surface area contributed by atoms with Crippen molar-refractivity contribution >= 4 is 17.8 Å². The summed E-state index contributed by atoms with van der Waals surface area (Å²) in [7, 11) is 3.26. The predicted octanol–water partition coefficient (Wildman–Crippen LogP) is -0.185. The number of aryl methyl sites for hydroxylation is 1. The molecule has 1 N–H and O–H groups in total. The lowest BCUT2D eigenvalue weighted by atomic mass is 9.98. The Kier molecular flexibility index (Phi) is 4.79. The van der Waals surface area contributed by atoms with E-state index < -0.39 is 11.9 Å². The molecule has 1 fully saturated rings. The van der Waals surface area contributed by atoms with E-state index >= 15 is 0 Å². The van der Waals surface area contributed by atoms with Crippen LogP contribution in [-0.4, -0.2) is 69.2 Å². The quantitative estimate of drug-likeness (QED) is 0.832. The molecular formula is C14H20N4O4. The van der Waals surface area contributed by atoms with Crippen molar-refractivity contribution in [2.24, 2.45) is 13.0 Å². The lowest BCUT2D eigenvalue weighted by Crippen LogP contribution is -2.46. The largest absolute Gasteiger partial charge is 0.481 e. The number of nitrogens with zero attached hydrogens (tertiary/aromatic N) is 4. The maximum atomic E-state index is 12.2. The third kappa shape index (κ3) is 3.63. The molecule has 2 rings (SSSR count). The Morgan fingerprint density at radius 1 is 1.45 bits per heavy atom. The van der Waals surface area contributed by atoms with Gasteiger partial charge < -0.3 is 14.9 Å². The molecule has 1 aliphatic rings. The van der Waals surface area contributed by atoms with Gasteiger partial charge in [0.05, 0.1) is 24.2 Å². The van der Waals surface area contributed by atoms with Crippen LogP contribution >= 0.6 is 0 Å². The van der Waals surface area contributed by atoms with Gasteiger partial charge in [-0.15, -0.1) is 0 Å². The number of likely N-dealkylation sites (tertiary alicyclic amines) is 1. The van der Waals surface area contributed by atoms with Gasteiger partial charge in [-0.25, -0.2) is 0 Å². The van der Waals surface area contributed by atoms with Crippen LogP contribution in [0.2, 0.25) is 0 Å². The van der Waals surface area contributed by atoms with E-state index in [1.807, 2.05) is 0 Å². The van der Waals surface area contributed by atoms with E-state index in [4.69, 9.17) is 5.11 Å². The lowest BCUT2D eigenvalue weighted by Gasteiger charge is -2.31. The number of aliphatic carboxylic acids is 1. The molecule has 8 heteroatoms. The Morgan fingerprint density at radius 2 is 2.18 bits per heavy atom. The van der Waals surface area contributed by atoms with Gasteiger partial charge in [-0.1, -0.05) is 0 Å². The predicted molar refractivity (Wildman–Crippen MR) is 77.1 cm³/mol. The normalized spacial score (nSPS) is 18.1. The Labute approximate surface area is 128 Å². The average Bonchev–Trinajstić information content (AvgIpc) is 2.93. The molecule has 1 saturated heterocycles. The highest BCUT2D eigenvalue weighted by molar-refractivity contribution is 5.96. The maximum absolute atomic E-state index is 12.2. The molecule has 0 saturated carbocycles. The van der Waals surface area contributed by atoms with Gasteiger partial charge in [0.1, 0.15) is 0 Å². The van der Waals surface area contributed by atoms with E-state index in [-0.39, 0.29) is 24.9 Å². The average molecular weight is 308 g/mol. The maximum Gasteiger partial charge on any atom is 0.308 e. The van der Waals surface area contributed by atoms with Crippen molar-refractivity contribution in [3.8, 4) is 0 Å². The number of rotatable bonds is 4. The Hall–Kier alpha value is -2.38. The first kappa shape index (κ1) is 16.0. The second-order valence-electron chi connectivity index (χ2n) is 5.58. The number of amides is 2. The molecule has 1 aromatic heterocycles. The van der Waals surface area contributed by atoms with Crippen LogP contribution in [0.5, 0.6) is 0 Å². The fourth-order valence-electron chi connectivity index (χ4n) is 2.53. The number of hydrogen-bond acceptors (Lipinski definition) is 4. The van der Waals surface area contributed by atoms with E-state index in [1.54, 1.807) is 20.3 Å². The van der Waals surface area contributed by atoms with Gasteiger partial charge >= 0.3 is 5.97 Å². The van der Waals surface area contributed by atoms with Crippen LogP contribution in [0.4, 0.5) is 0 Å². The molecule has 0 radical (unpaired) electrons. The Balaban J connectivity index is 1.93. The van der Waals surface area contributed by atoms with E-state index in [2.05, 4.69) is 5.10 Å². The molecule has 1 unspecified atom stereocenters. The van der Waals surface area contributed by atoms with E-state index in [0.29, 0.717) is 24.9 Å². The van der Waals surface area contributed by atoms with Crippen molar-refractivity contribution in [2.75, 3.05) is 26.7 Å². The fraction of sp³-hybridized carbons (Fsp3) is 0.571. The summed E-state index contributed by atoms with van der Waals surface area (Å²) in [6, 6.07) is 0.